The minimum atomic E-state index is -1.18. The van der Waals surface area contributed by atoms with Crippen LogP contribution in [0.5, 0.6) is 0 Å². The molecule has 1 aromatic rings. The van der Waals surface area contributed by atoms with E-state index in [1.54, 1.807) is 24.3 Å². The average Bonchev–Trinajstić information content (AvgIpc) is 2.39. The van der Waals surface area contributed by atoms with Crippen molar-refractivity contribution in [3.8, 4) is 0 Å². The van der Waals surface area contributed by atoms with Crippen LogP contribution in [0.4, 0.5) is 5.69 Å². The zero-order valence-corrected chi connectivity index (χ0v) is 11.0. The Kier molecular flexibility index (Phi) is 4.04. The van der Waals surface area contributed by atoms with Crippen molar-refractivity contribution >= 4 is 23.2 Å². The number of amides is 1. The number of carbonyl (C=O) groups is 1. The van der Waals surface area contributed by atoms with Crippen LogP contribution in [0.3, 0.4) is 0 Å². The number of allylic oxidation sites excluding steroid dienone is 2. The van der Waals surface area contributed by atoms with E-state index in [9.17, 15) is 9.90 Å². The Morgan fingerprint density at radius 2 is 2.11 bits per heavy atom. The highest BCUT2D eigenvalue weighted by Crippen LogP contribution is 2.27. The molecule has 100 valence electrons. The average molecular weight is 279 g/mol. The SMILES string of the molecule is NC1(CO)C=C(Cl)C=CC1C(=O)Nc1ccccc1. The normalized spacial score (nSPS) is 25.8. The minimum Gasteiger partial charge on any atom is -0.394 e. The molecule has 5 heteroatoms. The van der Waals surface area contributed by atoms with E-state index in [0.717, 1.165) is 0 Å². The van der Waals surface area contributed by atoms with Crippen molar-refractivity contribution in [2.45, 2.75) is 5.54 Å². The number of hydrogen-bond acceptors (Lipinski definition) is 3. The second-order valence-corrected chi connectivity index (χ2v) is 4.93. The first kappa shape index (κ1) is 13.8. The molecule has 19 heavy (non-hydrogen) atoms. The molecule has 1 aliphatic carbocycles. The summed E-state index contributed by atoms with van der Waals surface area (Å²) in [6.07, 6.45) is 4.72. The largest absolute Gasteiger partial charge is 0.394 e. The van der Waals surface area contributed by atoms with E-state index in [1.807, 2.05) is 18.2 Å². The fourth-order valence-corrected chi connectivity index (χ4v) is 2.25. The van der Waals surface area contributed by atoms with Gasteiger partial charge in [-0.1, -0.05) is 35.9 Å². The Bertz CT molecular complexity index is 528. The third-order valence-electron chi connectivity index (χ3n) is 3.03. The fourth-order valence-electron chi connectivity index (χ4n) is 1.98. The van der Waals surface area contributed by atoms with Crippen molar-refractivity contribution < 1.29 is 9.90 Å². The van der Waals surface area contributed by atoms with Crippen LogP contribution in [0.25, 0.3) is 0 Å². The minimum absolute atomic E-state index is 0.278. The smallest absolute Gasteiger partial charge is 0.233 e. The molecule has 1 amide bonds. The van der Waals surface area contributed by atoms with Crippen LogP contribution >= 0.6 is 11.6 Å². The monoisotopic (exact) mass is 278 g/mol. The zero-order valence-electron chi connectivity index (χ0n) is 10.2. The lowest BCUT2D eigenvalue weighted by Gasteiger charge is -2.32. The maximum atomic E-state index is 12.2. The molecule has 2 atom stereocenters. The quantitative estimate of drug-likeness (QED) is 0.786. The topological polar surface area (TPSA) is 75.3 Å². The maximum Gasteiger partial charge on any atom is 0.233 e. The number of rotatable bonds is 3. The first-order valence-corrected chi connectivity index (χ1v) is 6.25. The maximum absolute atomic E-state index is 12.2. The number of anilines is 1. The molecule has 2 unspecified atom stereocenters. The number of nitrogens with one attached hydrogen (secondary N) is 1. The first-order chi connectivity index (χ1) is 9.05. The second kappa shape index (κ2) is 5.57. The Morgan fingerprint density at radius 3 is 2.74 bits per heavy atom. The van der Waals surface area contributed by atoms with Crippen molar-refractivity contribution in [3.63, 3.8) is 0 Å². The molecule has 0 saturated carbocycles. The number of aliphatic hydroxyl groups is 1. The van der Waals surface area contributed by atoms with E-state index in [1.165, 1.54) is 6.08 Å². The molecule has 0 aliphatic heterocycles. The number of para-hydroxylation sites is 1. The molecule has 1 aliphatic rings. The summed E-state index contributed by atoms with van der Waals surface area (Å²) in [6.45, 7) is -0.361. The zero-order chi connectivity index (χ0) is 13.9. The highest BCUT2D eigenvalue weighted by molar-refractivity contribution is 6.31. The molecule has 0 saturated heterocycles. The van der Waals surface area contributed by atoms with Crippen LogP contribution in [0, 0.1) is 5.92 Å². The molecule has 0 heterocycles. The van der Waals surface area contributed by atoms with Gasteiger partial charge in [-0.25, -0.2) is 0 Å². The third kappa shape index (κ3) is 3.04. The molecule has 0 radical (unpaired) electrons. The molecule has 0 aromatic heterocycles. The molecule has 1 aromatic carbocycles. The summed E-state index contributed by atoms with van der Waals surface area (Å²) in [7, 11) is 0. The third-order valence-corrected chi connectivity index (χ3v) is 3.27. The van der Waals surface area contributed by atoms with E-state index < -0.39 is 11.5 Å². The van der Waals surface area contributed by atoms with Gasteiger partial charge in [-0.3, -0.25) is 4.79 Å². The van der Waals surface area contributed by atoms with Crippen LogP contribution < -0.4 is 11.1 Å². The van der Waals surface area contributed by atoms with Crippen molar-refractivity contribution in [1.29, 1.82) is 0 Å². The Balaban J connectivity index is 2.17. The summed E-state index contributed by atoms with van der Waals surface area (Å²) >= 11 is 5.86. The number of carbonyl (C=O) groups excluding carboxylic acids is 1. The van der Waals surface area contributed by atoms with E-state index in [-0.39, 0.29) is 12.5 Å². The summed E-state index contributed by atoms with van der Waals surface area (Å²) < 4.78 is 0. The standard InChI is InChI=1S/C14H15ClN2O2/c15-10-6-7-12(14(16,8-10)9-18)13(19)17-11-4-2-1-3-5-11/h1-8,12,18H,9,16H2,(H,17,19). The van der Waals surface area contributed by atoms with Crippen LogP contribution in [-0.4, -0.2) is 23.2 Å². The van der Waals surface area contributed by atoms with E-state index in [2.05, 4.69) is 5.32 Å². The van der Waals surface area contributed by atoms with Crippen molar-refractivity contribution in [2.24, 2.45) is 11.7 Å². The van der Waals surface area contributed by atoms with E-state index in [0.29, 0.717) is 10.7 Å². The summed E-state index contributed by atoms with van der Waals surface area (Å²) in [5, 5.41) is 12.6. The van der Waals surface area contributed by atoms with Crippen molar-refractivity contribution in [2.75, 3.05) is 11.9 Å². The lowest BCUT2D eigenvalue weighted by Crippen LogP contribution is -2.53. The van der Waals surface area contributed by atoms with Gasteiger partial charge in [0.1, 0.15) is 0 Å². The van der Waals surface area contributed by atoms with Gasteiger partial charge in [-0.05, 0) is 24.3 Å². The molecule has 4 nitrogen and oxygen atoms in total. The molecular formula is C14H15ClN2O2. The number of nitrogens with two attached hydrogens (primary N) is 1. The van der Waals surface area contributed by atoms with Gasteiger partial charge >= 0.3 is 0 Å². The Labute approximate surface area is 116 Å². The summed E-state index contributed by atoms with van der Waals surface area (Å²) in [4.78, 5) is 12.2. The molecule has 0 spiro atoms. The predicted molar refractivity (Wildman–Crippen MR) is 75.6 cm³/mol. The predicted octanol–water partition coefficient (Wildman–Crippen LogP) is 1.62. The van der Waals surface area contributed by atoms with Gasteiger partial charge in [-0.2, -0.15) is 0 Å². The Hall–Kier alpha value is -1.62. The second-order valence-electron chi connectivity index (χ2n) is 4.49. The van der Waals surface area contributed by atoms with Gasteiger partial charge in [-0.15, -0.1) is 0 Å². The van der Waals surface area contributed by atoms with Gasteiger partial charge in [0.05, 0.1) is 18.1 Å². The van der Waals surface area contributed by atoms with Gasteiger partial charge in [0.2, 0.25) is 5.91 Å². The van der Waals surface area contributed by atoms with Crippen LogP contribution in [-0.2, 0) is 4.79 Å². The molecular weight excluding hydrogens is 264 g/mol. The lowest BCUT2D eigenvalue weighted by atomic mass is 9.81. The molecule has 0 fully saturated rings. The van der Waals surface area contributed by atoms with Crippen molar-refractivity contribution in [3.05, 3.63) is 53.6 Å². The molecule has 2 rings (SSSR count). The van der Waals surface area contributed by atoms with Gasteiger partial charge < -0.3 is 16.2 Å². The van der Waals surface area contributed by atoms with Crippen LogP contribution in [0.1, 0.15) is 0 Å². The Morgan fingerprint density at radius 1 is 1.42 bits per heavy atom. The number of hydrogen-bond donors (Lipinski definition) is 3. The van der Waals surface area contributed by atoms with Gasteiger partial charge in [0.25, 0.3) is 0 Å². The van der Waals surface area contributed by atoms with Crippen LogP contribution in [0.2, 0.25) is 0 Å². The van der Waals surface area contributed by atoms with Gasteiger partial charge in [0.15, 0.2) is 0 Å². The van der Waals surface area contributed by atoms with Crippen molar-refractivity contribution in [1.82, 2.24) is 0 Å². The fraction of sp³-hybridized carbons (Fsp3) is 0.214. The highest BCUT2D eigenvalue weighted by atomic mass is 35.5. The van der Waals surface area contributed by atoms with E-state index >= 15 is 0 Å². The van der Waals surface area contributed by atoms with Crippen LogP contribution in [0.15, 0.2) is 53.6 Å². The summed E-state index contributed by atoms with van der Waals surface area (Å²) in [5.41, 5.74) is 5.53. The highest BCUT2D eigenvalue weighted by Gasteiger charge is 2.38. The number of halogens is 1. The van der Waals surface area contributed by atoms with Gasteiger partial charge in [0, 0.05) is 10.7 Å². The first-order valence-electron chi connectivity index (χ1n) is 5.87. The lowest BCUT2D eigenvalue weighted by molar-refractivity contribution is -0.120. The number of benzene rings is 1. The number of aliphatic hydroxyl groups excluding tert-OH is 1. The summed E-state index contributed by atoms with van der Waals surface area (Å²) in [6, 6.07) is 9.07. The molecule has 0 bridgehead atoms. The molecule has 4 N–H and O–H groups in total. The summed E-state index contributed by atoms with van der Waals surface area (Å²) in [5.74, 6) is -0.945. The van der Waals surface area contributed by atoms with E-state index in [4.69, 9.17) is 17.3 Å².